The Bertz CT molecular complexity index is 885. The quantitative estimate of drug-likeness (QED) is 0.705. The van der Waals surface area contributed by atoms with Gasteiger partial charge >= 0.3 is 6.09 Å². The number of para-hydroxylation sites is 1. The largest absolute Gasteiger partial charge is 0.445 e. The van der Waals surface area contributed by atoms with Crippen LogP contribution >= 0.6 is 0 Å². The molecule has 0 aliphatic carbocycles. The fourth-order valence-electron chi connectivity index (χ4n) is 4.51. The first-order valence-corrected chi connectivity index (χ1v) is 10.4. The first-order valence-electron chi connectivity index (χ1n) is 10.4. The summed E-state index contributed by atoms with van der Waals surface area (Å²) in [6.45, 7) is 1.13. The highest BCUT2D eigenvalue weighted by molar-refractivity contribution is 6.03. The van der Waals surface area contributed by atoms with Gasteiger partial charge in [-0.25, -0.2) is 4.79 Å². The number of rotatable bonds is 5. The first-order chi connectivity index (χ1) is 14.5. The molecule has 2 fully saturated rings. The van der Waals surface area contributed by atoms with Crippen LogP contribution in [0.2, 0.25) is 0 Å². The SMILES string of the molecule is CN(C)c1ccccc1C(=O)C1CC2COCC(C1)N2C(=O)OCc1ccccc1. The molecule has 1 amide bonds. The molecule has 0 aromatic heterocycles. The van der Waals surface area contributed by atoms with Crippen molar-refractivity contribution < 1.29 is 19.1 Å². The molecule has 4 rings (SSSR count). The van der Waals surface area contributed by atoms with E-state index in [1.807, 2.05) is 73.6 Å². The Morgan fingerprint density at radius 3 is 2.30 bits per heavy atom. The lowest BCUT2D eigenvalue weighted by atomic mass is 9.80. The number of fused-ring (bicyclic) bond motifs is 2. The predicted molar refractivity (Wildman–Crippen MR) is 115 cm³/mol. The van der Waals surface area contributed by atoms with Crippen molar-refractivity contribution in [3.63, 3.8) is 0 Å². The average Bonchev–Trinajstić information content (AvgIpc) is 2.76. The van der Waals surface area contributed by atoms with Crippen molar-refractivity contribution in [1.29, 1.82) is 0 Å². The van der Waals surface area contributed by atoms with Gasteiger partial charge in [-0.15, -0.1) is 0 Å². The number of nitrogens with zero attached hydrogens (tertiary/aromatic N) is 2. The third kappa shape index (κ3) is 4.19. The molecule has 30 heavy (non-hydrogen) atoms. The Morgan fingerprint density at radius 2 is 1.63 bits per heavy atom. The van der Waals surface area contributed by atoms with Gasteiger partial charge in [-0.2, -0.15) is 0 Å². The number of amides is 1. The minimum atomic E-state index is -0.322. The molecular formula is C24H28N2O4. The zero-order valence-electron chi connectivity index (χ0n) is 17.5. The Kier molecular flexibility index (Phi) is 6.04. The Labute approximate surface area is 177 Å². The molecule has 2 aromatic carbocycles. The van der Waals surface area contributed by atoms with Crippen molar-refractivity contribution in [2.45, 2.75) is 31.5 Å². The van der Waals surface area contributed by atoms with Gasteiger partial charge in [0.2, 0.25) is 0 Å². The van der Waals surface area contributed by atoms with E-state index < -0.39 is 0 Å². The smallest absolute Gasteiger partial charge is 0.410 e. The maximum Gasteiger partial charge on any atom is 0.410 e. The number of morpholine rings is 1. The summed E-state index contributed by atoms with van der Waals surface area (Å²) in [7, 11) is 3.89. The number of piperidine rings is 1. The zero-order chi connectivity index (χ0) is 21.1. The highest BCUT2D eigenvalue weighted by Gasteiger charge is 2.44. The zero-order valence-corrected chi connectivity index (χ0v) is 17.5. The van der Waals surface area contributed by atoms with E-state index in [1.165, 1.54) is 0 Å². The lowest BCUT2D eigenvalue weighted by Crippen LogP contribution is -2.59. The standard InChI is InChI=1S/C24H28N2O4/c1-25(2)22-11-7-6-10-21(22)23(27)18-12-19-15-29-16-20(13-18)26(19)24(28)30-14-17-8-4-3-5-9-17/h3-11,18-20H,12-16H2,1-2H3. The van der Waals surface area contributed by atoms with Crippen molar-refractivity contribution in [2.75, 3.05) is 32.2 Å². The van der Waals surface area contributed by atoms with E-state index in [1.54, 1.807) is 4.90 Å². The summed E-state index contributed by atoms with van der Waals surface area (Å²) in [4.78, 5) is 29.9. The van der Waals surface area contributed by atoms with Crippen LogP contribution in [0.3, 0.4) is 0 Å². The van der Waals surface area contributed by atoms with Crippen LogP contribution in [0.15, 0.2) is 54.6 Å². The molecule has 0 spiro atoms. The van der Waals surface area contributed by atoms with Gasteiger partial charge in [0.1, 0.15) is 6.61 Å². The highest BCUT2D eigenvalue weighted by atomic mass is 16.6. The van der Waals surface area contributed by atoms with E-state index in [0.29, 0.717) is 26.1 Å². The second kappa shape index (κ2) is 8.88. The molecule has 6 heteroatoms. The number of anilines is 1. The molecule has 2 saturated heterocycles. The van der Waals surface area contributed by atoms with Crippen LogP contribution in [-0.2, 0) is 16.1 Å². The lowest BCUT2D eigenvalue weighted by Gasteiger charge is -2.47. The predicted octanol–water partition coefficient (Wildman–Crippen LogP) is 3.75. The van der Waals surface area contributed by atoms with Gasteiger partial charge in [-0.3, -0.25) is 9.69 Å². The molecule has 2 aromatic rings. The highest BCUT2D eigenvalue weighted by Crippen LogP contribution is 2.35. The number of ketones is 1. The molecule has 2 atom stereocenters. The topological polar surface area (TPSA) is 59.1 Å². The number of carbonyl (C=O) groups excluding carboxylic acids is 2. The maximum atomic E-state index is 13.3. The van der Waals surface area contributed by atoms with Gasteiger partial charge in [0.15, 0.2) is 5.78 Å². The first kappa shape index (κ1) is 20.4. The molecule has 0 saturated carbocycles. The number of ether oxygens (including phenoxy) is 2. The minimum Gasteiger partial charge on any atom is -0.445 e. The van der Waals surface area contributed by atoms with Gasteiger partial charge in [-0.1, -0.05) is 42.5 Å². The van der Waals surface area contributed by atoms with Gasteiger partial charge in [-0.05, 0) is 30.5 Å². The monoisotopic (exact) mass is 408 g/mol. The fraction of sp³-hybridized carbons (Fsp3) is 0.417. The van der Waals surface area contributed by atoms with Crippen LogP contribution in [0.1, 0.15) is 28.8 Å². The van der Waals surface area contributed by atoms with Gasteiger partial charge < -0.3 is 14.4 Å². The molecule has 2 bridgehead atoms. The maximum absolute atomic E-state index is 13.3. The van der Waals surface area contributed by atoms with E-state index in [0.717, 1.165) is 16.8 Å². The average molecular weight is 408 g/mol. The van der Waals surface area contributed by atoms with E-state index in [9.17, 15) is 9.59 Å². The molecule has 6 nitrogen and oxygen atoms in total. The van der Waals surface area contributed by atoms with Crippen LogP contribution in [0, 0.1) is 5.92 Å². The summed E-state index contributed by atoms with van der Waals surface area (Å²) >= 11 is 0. The van der Waals surface area contributed by atoms with E-state index in [2.05, 4.69) is 0 Å². The van der Waals surface area contributed by atoms with Crippen LogP contribution in [0.4, 0.5) is 10.5 Å². The third-order valence-corrected chi connectivity index (χ3v) is 5.96. The molecular weight excluding hydrogens is 380 g/mol. The van der Waals surface area contributed by atoms with Gasteiger partial charge in [0.25, 0.3) is 0 Å². The number of Topliss-reactive ketones (excluding diaryl/α,β-unsaturated/α-hetero) is 1. The van der Waals surface area contributed by atoms with E-state index >= 15 is 0 Å². The number of hydrogen-bond donors (Lipinski definition) is 0. The summed E-state index contributed by atoms with van der Waals surface area (Å²) in [5.74, 6) is 0.0247. The lowest BCUT2D eigenvalue weighted by molar-refractivity contribution is -0.0755. The normalized spacial score (nSPS) is 23.0. The minimum absolute atomic E-state index is 0.122. The summed E-state index contributed by atoms with van der Waals surface area (Å²) < 4.78 is 11.3. The fourth-order valence-corrected chi connectivity index (χ4v) is 4.51. The van der Waals surface area contributed by atoms with E-state index in [4.69, 9.17) is 9.47 Å². The second-order valence-corrected chi connectivity index (χ2v) is 8.24. The van der Waals surface area contributed by atoms with E-state index in [-0.39, 0.29) is 36.5 Å². The third-order valence-electron chi connectivity index (χ3n) is 5.96. The van der Waals surface area contributed by atoms with Crippen LogP contribution in [-0.4, -0.2) is 56.2 Å². The second-order valence-electron chi connectivity index (χ2n) is 8.24. The van der Waals surface area contributed by atoms with Crippen LogP contribution < -0.4 is 4.90 Å². The summed E-state index contributed by atoms with van der Waals surface area (Å²) in [5, 5.41) is 0. The Balaban J connectivity index is 1.46. The molecule has 2 unspecified atom stereocenters. The van der Waals surface area contributed by atoms with Crippen LogP contribution in [0.25, 0.3) is 0 Å². The van der Waals surface area contributed by atoms with Crippen molar-refractivity contribution in [3.05, 3.63) is 65.7 Å². The van der Waals surface area contributed by atoms with Crippen molar-refractivity contribution in [2.24, 2.45) is 5.92 Å². The number of hydrogen-bond acceptors (Lipinski definition) is 5. The Hall–Kier alpha value is -2.86. The molecule has 0 N–H and O–H groups in total. The molecule has 0 radical (unpaired) electrons. The Morgan fingerprint density at radius 1 is 1.00 bits per heavy atom. The van der Waals surface area contributed by atoms with Crippen molar-refractivity contribution >= 4 is 17.6 Å². The molecule has 2 heterocycles. The van der Waals surface area contributed by atoms with Crippen LogP contribution in [0.5, 0.6) is 0 Å². The van der Waals surface area contributed by atoms with Crippen molar-refractivity contribution in [1.82, 2.24) is 4.90 Å². The summed E-state index contributed by atoms with van der Waals surface area (Å²) in [6.07, 6.45) is 0.867. The van der Waals surface area contributed by atoms with Gasteiger partial charge in [0.05, 0.1) is 25.3 Å². The molecule has 2 aliphatic heterocycles. The summed E-state index contributed by atoms with van der Waals surface area (Å²) in [5.41, 5.74) is 2.62. The number of carbonyl (C=O) groups is 2. The van der Waals surface area contributed by atoms with Crippen molar-refractivity contribution in [3.8, 4) is 0 Å². The molecule has 158 valence electrons. The van der Waals surface area contributed by atoms with Gasteiger partial charge in [0, 0.05) is 31.3 Å². The number of benzene rings is 2. The molecule has 2 aliphatic rings. The summed E-state index contributed by atoms with van der Waals surface area (Å²) in [6, 6.07) is 17.1.